The molecule has 1 fully saturated rings. The lowest BCUT2D eigenvalue weighted by molar-refractivity contribution is 0.168. The van der Waals surface area contributed by atoms with Crippen LogP contribution in [0.25, 0.3) is 10.9 Å². The van der Waals surface area contributed by atoms with Crippen molar-refractivity contribution in [3.8, 4) is 11.6 Å². The Kier molecular flexibility index (Phi) is 5.54. The van der Waals surface area contributed by atoms with Crippen molar-refractivity contribution in [1.82, 2.24) is 29.9 Å². The Balaban J connectivity index is 1.23. The van der Waals surface area contributed by atoms with Gasteiger partial charge in [0.2, 0.25) is 5.88 Å². The number of aryl methyl sites for hydroxylation is 1. The topological polar surface area (TPSA) is 127 Å². The molecule has 11 nitrogen and oxygen atoms in total. The van der Waals surface area contributed by atoms with Crippen molar-refractivity contribution >= 4 is 28.8 Å². The molecule has 0 radical (unpaired) electrons. The molecule has 1 aromatic carbocycles. The molecular weight excluding hydrogens is 474 g/mol. The van der Waals surface area contributed by atoms with Gasteiger partial charge in [-0.3, -0.25) is 9.88 Å². The summed E-state index contributed by atoms with van der Waals surface area (Å²) < 4.78 is 13.1. The number of hydrogen-bond acceptors (Lipinski definition) is 7. The first-order chi connectivity index (χ1) is 17.9. The second-order valence-electron chi connectivity index (χ2n) is 9.56. The monoisotopic (exact) mass is 501 g/mol. The molecule has 2 N–H and O–H groups in total. The Morgan fingerprint density at radius 3 is 2.76 bits per heavy atom. The highest BCUT2D eigenvalue weighted by Crippen LogP contribution is 2.40. The maximum atomic E-state index is 12.9. The highest BCUT2D eigenvalue weighted by Gasteiger charge is 2.31. The maximum absolute atomic E-state index is 12.9. The fraction of sp³-hybridized carbons (Fsp3) is 0.346. The van der Waals surface area contributed by atoms with Crippen molar-refractivity contribution in [3.63, 3.8) is 0 Å². The van der Waals surface area contributed by atoms with E-state index in [9.17, 15) is 9.59 Å². The fourth-order valence-electron chi connectivity index (χ4n) is 4.74. The third-order valence-corrected chi connectivity index (χ3v) is 6.83. The third-order valence-electron chi connectivity index (χ3n) is 6.83. The van der Waals surface area contributed by atoms with Crippen LogP contribution in [0.5, 0.6) is 11.6 Å². The third kappa shape index (κ3) is 4.37. The number of carbonyl (C=O) groups excluding carboxylic acids is 2. The van der Waals surface area contributed by atoms with Crippen LogP contribution in [-0.2, 0) is 13.0 Å². The minimum atomic E-state index is -0.325. The molecule has 6 rings (SSSR count). The van der Waals surface area contributed by atoms with Crippen LogP contribution in [0, 0.1) is 6.92 Å². The van der Waals surface area contributed by atoms with E-state index in [1.165, 1.54) is 4.57 Å². The molecule has 2 aliphatic rings. The predicted molar refractivity (Wildman–Crippen MR) is 135 cm³/mol. The molecule has 0 spiro atoms. The van der Waals surface area contributed by atoms with Crippen molar-refractivity contribution in [2.75, 3.05) is 12.4 Å². The lowest BCUT2D eigenvalue weighted by Gasteiger charge is -2.34. The number of hydrogen-bond donors (Lipinski definition) is 2. The van der Waals surface area contributed by atoms with E-state index in [1.54, 1.807) is 37.2 Å². The van der Waals surface area contributed by atoms with Gasteiger partial charge in [-0.2, -0.15) is 4.98 Å². The van der Waals surface area contributed by atoms with Gasteiger partial charge in [0.1, 0.15) is 17.3 Å². The number of anilines is 1. The first kappa shape index (κ1) is 23.0. The van der Waals surface area contributed by atoms with Gasteiger partial charge in [0.05, 0.1) is 17.8 Å². The molecule has 0 unspecified atom stereocenters. The Morgan fingerprint density at radius 1 is 1.14 bits per heavy atom. The number of rotatable bonds is 4. The number of amides is 3. The van der Waals surface area contributed by atoms with E-state index in [1.807, 2.05) is 25.1 Å². The first-order valence-electron chi connectivity index (χ1n) is 12.3. The molecule has 1 aliphatic heterocycles. The number of urea groups is 1. The van der Waals surface area contributed by atoms with E-state index in [0.29, 0.717) is 42.2 Å². The van der Waals surface area contributed by atoms with Crippen molar-refractivity contribution < 1.29 is 18.8 Å². The lowest BCUT2D eigenvalue weighted by Crippen LogP contribution is -2.47. The highest BCUT2D eigenvalue weighted by molar-refractivity contribution is 5.98. The van der Waals surface area contributed by atoms with Gasteiger partial charge in [-0.25, -0.2) is 14.6 Å². The molecular formula is C26H27N7O4. The molecule has 4 aromatic rings. The summed E-state index contributed by atoms with van der Waals surface area (Å²) in [6.07, 6.45) is 4.49. The number of nitrogens with one attached hydrogen (secondary N) is 2. The standard InChI is InChI=1S/C26H27N7O4/c1-14-10-19-20(13-33(14)25(34)27-3)28-15(2)29-24(19)36-18-6-7-21-17(11-18)8-9-32(21)26(35)30-23-12-22(37-31-23)16-4-5-16/h6-9,11-12,14,16H,4-5,10,13H2,1-3H3,(H,27,34)(H,30,31,35)/t14-/m0/s1. The first-order valence-corrected chi connectivity index (χ1v) is 12.3. The molecule has 1 atom stereocenters. The quantitative estimate of drug-likeness (QED) is 0.419. The van der Waals surface area contributed by atoms with E-state index >= 15 is 0 Å². The molecule has 11 heteroatoms. The van der Waals surface area contributed by atoms with Crippen molar-refractivity contribution in [2.24, 2.45) is 0 Å². The maximum Gasteiger partial charge on any atom is 0.331 e. The molecule has 1 aliphatic carbocycles. The highest BCUT2D eigenvalue weighted by atomic mass is 16.5. The zero-order chi connectivity index (χ0) is 25.7. The average molecular weight is 502 g/mol. The van der Waals surface area contributed by atoms with E-state index in [2.05, 4.69) is 25.8 Å². The van der Waals surface area contributed by atoms with Crippen LogP contribution in [0.2, 0.25) is 0 Å². The van der Waals surface area contributed by atoms with Gasteiger partial charge in [-0.05, 0) is 57.4 Å². The molecule has 37 heavy (non-hydrogen) atoms. The van der Waals surface area contributed by atoms with Crippen molar-refractivity contribution in [2.45, 2.75) is 51.6 Å². The Bertz CT molecular complexity index is 1520. The van der Waals surface area contributed by atoms with Crippen molar-refractivity contribution in [1.29, 1.82) is 0 Å². The summed E-state index contributed by atoms with van der Waals surface area (Å²) in [5, 5.41) is 10.3. The number of ether oxygens (including phenoxy) is 1. The van der Waals surface area contributed by atoms with Gasteiger partial charge in [0, 0.05) is 42.2 Å². The number of nitrogens with zero attached hydrogens (tertiary/aromatic N) is 5. The minimum Gasteiger partial charge on any atom is -0.439 e. The second kappa shape index (κ2) is 8.91. The van der Waals surface area contributed by atoms with E-state index in [0.717, 1.165) is 40.8 Å². The zero-order valence-electron chi connectivity index (χ0n) is 20.8. The molecule has 3 amide bonds. The smallest absolute Gasteiger partial charge is 0.331 e. The van der Waals surface area contributed by atoms with Crippen LogP contribution in [0.3, 0.4) is 0 Å². The largest absolute Gasteiger partial charge is 0.439 e. The van der Waals surface area contributed by atoms with Gasteiger partial charge in [-0.15, -0.1) is 0 Å². The Hall–Kier alpha value is -4.41. The Morgan fingerprint density at radius 2 is 1.97 bits per heavy atom. The SMILES string of the molecule is CNC(=O)N1Cc2nc(C)nc(Oc3ccc4c(ccn4C(=O)Nc4cc(C5CC5)on4)c3)c2C[C@@H]1C. The van der Waals surface area contributed by atoms with Crippen LogP contribution in [0.1, 0.15) is 48.5 Å². The van der Waals surface area contributed by atoms with Crippen LogP contribution in [0.15, 0.2) is 41.1 Å². The summed E-state index contributed by atoms with van der Waals surface area (Å²) in [5.41, 5.74) is 2.41. The number of aromatic nitrogens is 4. The predicted octanol–water partition coefficient (Wildman–Crippen LogP) is 4.56. The van der Waals surface area contributed by atoms with Gasteiger partial charge < -0.3 is 19.5 Å². The van der Waals surface area contributed by atoms with Crippen LogP contribution in [-0.4, -0.2) is 49.7 Å². The summed E-state index contributed by atoms with van der Waals surface area (Å²) in [6, 6.07) is 8.65. The molecule has 4 heterocycles. The van der Waals surface area contributed by atoms with E-state index in [-0.39, 0.29) is 18.1 Å². The van der Waals surface area contributed by atoms with Gasteiger partial charge in [0.25, 0.3) is 0 Å². The summed E-state index contributed by atoms with van der Waals surface area (Å²) in [4.78, 5) is 36.0. The van der Waals surface area contributed by atoms with Crippen LogP contribution in [0.4, 0.5) is 15.4 Å². The molecule has 0 bridgehead atoms. The van der Waals surface area contributed by atoms with Gasteiger partial charge >= 0.3 is 12.1 Å². The van der Waals surface area contributed by atoms with E-state index in [4.69, 9.17) is 9.26 Å². The minimum absolute atomic E-state index is 0.0267. The lowest BCUT2D eigenvalue weighted by atomic mass is 10.00. The van der Waals surface area contributed by atoms with Crippen LogP contribution >= 0.6 is 0 Å². The molecule has 190 valence electrons. The normalized spacial score (nSPS) is 16.9. The Labute approximate surface area is 212 Å². The number of carbonyl (C=O) groups is 2. The summed E-state index contributed by atoms with van der Waals surface area (Å²) in [5.74, 6) is 3.29. The summed E-state index contributed by atoms with van der Waals surface area (Å²) in [7, 11) is 1.62. The summed E-state index contributed by atoms with van der Waals surface area (Å²) in [6.45, 7) is 4.19. The second-order valence-corrected chi connectivity index (χ2v) is 9.56. The molecule has 0 saturated heterocycles. The fourth-order valence-corrected chi connectivity index (χ4v) is 4.74. The zero-order valence-corrected chi connectivity index (χ0v) is 20.8. The van der Waals surface area contributed by atoms with E-state index < -0.39 is 0 Å². The van der Waals surface area contributed by atoms with Crippen LogP contribution < -0.4 is 15.4 Å². The average Bonchev–Trinajstić information content (AvgIpc) is 3.48. The number of benzene rings is 1. The molecule has 1 saturated carbocycles. The molecule has 3 aromatic heterocycles. The summed E-state index contributed by atoms with van der Waals surface area (Å²) >= 11 is 0. The van der Waals surface area contributed by atoms with Gasteiger partial charge in [0.15, 0.2) is 5.82 Å². The van der Waals surface area contributed by atoms with Gasteiger partial charge in [-0.1, -0.05) is 5.16 Å². The van der Waals surface area contributed by atoms with Crippen molar-refractivity contribution in [3.05, 3.63) is 59.4 Å². The number of fused-ring (bicyclic) bond motifs is 2.